The quantitative estimate of drug-likeness (QED) is 0.860. The van der Waals surface area contributed by atoms with E-state index in [9.17, 15) is 5.11 Å². The Morgan fingerprint density at radius 2 is 1.75 bits per heavy atom. The minimum atomic E-state index is -0.282. The van der Waals surface area contributed by atoms with Crippen LogP contribution in [-0.2, 0) is 13.0 Å². The first kappa shape index (κ1) is 14.2. The van der Waals surface area contributed by atoms with E-state index in [1.165, 1.54) is 11.3 Å². The number of rotatable bonds is 2. The lowest BCUT2D eigenvalue weighted by Gasteiger charge is -2.34. The van der Waals surface area contributed by atoms with Gasteiger partial charge in [0.2, 0.25) is 0 Å². The molecule has 0 amide bonds. The van der Waals surface area contributed by atoms with Gasteiger partial charge in [-0.25, -0.2) is 0 Å². The van der Waals surface area contributed by atoms with E-state index in [1.54, 1.807) is 0 Å². The zero-order valence-electron chi connectivity index (χ0n) is 13.8. The number of nitrogens with zero attached hydrogens (tertiary/aromatic N) is 1. The highest BCUT2D eigenvalue weighted by molar-refractivity contribution is 5.30. The summed E-state index contributed by atoms with van der Waals surface area (Å²) >= 11 is 0. The predicted octanol–water partition coefficient (Wildman–Crippen LogP) is 4.18. The van der Waals surface area contributed by atoms with E-state index in [-0.39, 0.29) is 11.5 Å². The van der Waals surface area contributed by atoms with Crippen molar-refractivity contribution in [2.24, 2.45) is 22.2 Å². The second-order valence-electron chi connectivity index (χ2n) is 8.93. The molecule has 20 heavy (non-hydrogen) atoms. The Labute approximate surface area is 123 Å². The SMILES string of the molecule is CC1(C)Cc2c(ccn2CC2C(C)(C)C2(C)C)C(O)C1. The van der Waals surface area contributed by atoms with Crippen LogP contribution in [0.25, 0.3) is 0 Å². The van der Waals surface area contributed by atoms with Crippen molar-refractivity contribution < 1.29 is 5.11 Å². The van der Waals surface area contributed by atoms with Gasteiger partial charge in [0.15, 0.2) is 0 Å². The number of hydrogen-bond donors (Lipinski definition) is 1. The molecule has 0 aliphatic heterocycles. The highest BCUT2D eigenvalue weighted by atomic mass is 16.3. The van der Waals surface area contributed by atoms with Crippen LogP contribution in [0.3, 0.4) is 0 Å². The van der Waals surface area contributed by atoms with Crippen LogP contribution >= 0.6 is 0 Å². The lowest BCUT2D eigenvalue weighted by Crippen LogP contribution is -2.27. The van der Waals surface area contributed by atoms with E-state index < -0.39 is 0 Å². The maximum absolute atomic E-state index is 10.4. The summed E-state index contributed by atoms with van der Waals surface area (Å²) in [5.74, 6) is 0.730. The fourth-order valence-corrected chi connectivity index (χ4v) is 4.35. The van der Waals surface area contributed by atoms with Crippen LogP contribution in [-0.4, -0.2) is 9.67 Å². The summed E-state index contributed by atoms with van der Waals surface area (Å²) in [5, 5.41) is 10.4. The molecule has 1 fully saturated rings. The Hall–Kier alpha value is -0.760. The van der Waals surface area contributed by atoms with Gasteiger partial charge in [-0.2, -0.15) is 0 Å². The van der Waals surface area contributed by atoms with Gasteiger partial charge < -0.3 is 9.67 Å². The zero-order chi connectivity index (χ0) is 14.9. The molecule has 1 atom stereocenters. The summed E-state index contributed by atoms with van der Waals surface area (Å²) in [5.41, 5.74) is 3.59. The van der Waals surface area contributed by atoms with Gasteiger partial charge in [-0.3, -0.25) is 0 Å². The van der Waals surface area contributed by atoms with Crippen LogP contribution in [0.4, 0.5) is 0 Å². The second-order valence-corrected chi connectivity index (χ2v) is 8.93. The minimum absolute atomic E-state index is 0.205. The van der Waals surface area contributed by atoms with Crippen molar-refractivity contribution >= 4 is 0 Å². The third-order valence-corrected chi connectivity index (χ3v) is 6.56. The molecule has 3 rings (SSSR count). The predicted molar refractivity (Wildman–Crippen MR) is 82.5 cm³/mol. The van der Waals surface area contributed by atoms with Crippen LogP contribution in [0.15, 0.2) is 12.3 Å². The molecule has 112 valence electrons. The molecule has 1 N–H and O–H groups in total. The first-order chi connectivity index (χ1) is 9.06. The van der Waals surface area contributed by atoms with Crippen molar-refractivity contribution in [3.8, 4) is 0 Å². The van der Waals surface area contributed by atoms with Gasteiger partial charge in [-0.15, -0.1) is 0 Å². The summed E-state index contributed by atoms with van der Waals surface area (Å²) in [6.07, 6.45) is 3.87. The van der Waals surface area contributed by atoms with E-state index in [2.05, 4.69) is 58.4 Å². The Bertz CT molecular complexity index is 522. The summed E-state index contributed by atoms with van der Waals surface area (Å²) in [6, 6.07) is 2.14. The van der Waals surface area contributed by atoms with Crippen molar-refractivity contribution in [2.75, 3.05) is 0 Å². The number of aliphatic hydroxyl groups is 1. The van der Waals surface area contributed by atoms with Gasteiger partial charge in [0.1, 0.15) is 0 Å². The van der Waals surface area contributed by atoms with Crippen molar-refractivity contribution in [1.29, 1.82) is 0 Å². The summed E-state index contributed by atoms with van der Waals surface area (Å²) < 4.78 is 2.42. The Morgan fingerprint density at radius 1 is 1.15 bits per heavy atom. The van der Waals surface area contributed by atoms with Crippen LogP contribution < -0.4 is 0 Å². The van der Waals surface area contributed by atoms with Crippen molar-refractivity contribution in [1.82, 2.24) is 4.57 Å². The Balaban J connectivity index is 1.88. The standard InChI is InChI=1S/C18H29NO/c1-16(2)9-13-12(14(20)10-16)7-8-19(13)11-15-17(3,4)18(15,5)6/h7-8,14-15,20H,9-11H2,1-6H3. The first-order valence-electron chi connectivity index (χ1n) is 7.92. The Kier molecular flexibility index (Phi) is 2.77. The molecule has 2 nitrogen and oxygen atoms in total. The maximum Gasteiger partial charge on any atom is 0.0812 e. The zero-order valence-corrected chi connectivity index (χ0v) is 13.8. The number of aliphatic hydroxyl groups excluding tert-OH is 1. The molecule has 1 aromatic rings. The average molecular weight is 275 g/mol. The average Bonchev–Trinajstić information content (AvgIpc) is 2.61. The Morgan fingerprint density at radius 3 is 2.30 bits per heavy atom. The molecule has 0 radical (unpaired) electrons. The molecule has 0 saturated heterocycles. The van der Waals surface area contributed by atoms with Gasteiger partial charge >= 0.3 is 0 Å². The van der Waals surface area contributed by atoms with Gasteiger partial charge in [-0.1, -0.05) is 41.5 Å². The third-order valence-electron chi connectivity index (χ3n) is 6.56. The molecular weight excluding hydrogens is 246 g/mol. The highest BCUT2D eigenvalue weighted by Gasteiger charge is 2.64. The smallest absolute Gasteiger partial charge is 0.0812 e. The molecule has 2 heteroatoms. The molecule has 2 aliphatic carbocycles. The fourth-order valence-electron chi connectivity index (χ4n) is 4.35. The van der Waals surface area contributed by atoms with Crippen molar-refractivity contribution in [3.63, 3.8) is 0 Å². The van der Waals surface area contributed by atoms with E-state index in [0.717, 1.165) is 25.3 Å². The minimum Gasteiger partial charge on any atom is -0.388 e. The lowest BCUT2D eigenvalue weighted by atomic mass is 9.75. The second kappa shape index (κ2) is 3.91. The normalized spacial score (nSPS) is 30.1. The van der Waals surface area contributed by atoms with Gasteiger partial charge in [0.05, 0.1) is 6.10 Å². The third kappa shape index (κ3) is 1.88. The van der Waals surface area contributed by atoms with Gasteiger partial charge in [0, 0.05) is 24.0 Å². The summed E-state index contributed by atoms with van der Waals surface area (Å²) in [4.78, 5) is 0. The van der Waals surface area contributed by atoms with Gasteiger partial charge in [0.25, 0.3) is 0 Å². The molecule has 1 unspecified atom stereocenters. The molecule has 1 heterocycles. The maximum atomic E-state index is 10.4. The molecule has 1 aromatic heterocycles. The topological polar surface area (TPSA) is 25.2 Å². The summed E-state index contributed by atoms with van der Waals surface area (Å²) in [7, 11) is 0. The van der Waals surface area contributed by atoms with E-state index in [4.69, 9.17) is 0 Å². The van der Waals surface area contributed by atoms with Crippen LogP contribution in [0, 0.1) is 22.2 Å². The molecule has 0 spiro atoms. The molecule has 1 saturated carbocycles. The van der Waals surface area contributed by atoms with Gasteiger partial charge in [-0.05, 0) is 41.1 Å². The fraction of sp³-hybridized carbons (Fsp3) is 0.778. The molecule has 0 bridgehead atoms. The number of hydrogen-bond acceptors (Lipinski definition) is 1. The van der Waals surface area contributed by atoms with E-state index >= 15 is 0 Å². The van der Waals surface area contributed by atoms with Crippen LogP contribution in [0.5, 0.6) is 0 Å². The van der Waals surface area contributed by atoms with E-state index in [1.807, 2.05) is 0 Å². The summed E-state index contributed by atoms with van der Waals surface area (Å²) in [6.45, 7) is 15.2. The number of fused-ring (bicyclic) bond motifs is 1. The highest BCUT2D eigenvalue weighted by Crippen LogP contribution is 2.69. The van der Waals surface area contributed by atoms with Crippen LogP contribution in [0.2, 0.25) is 0 Å². The monoisotopic (exact) mass is 275 g/mol. The molecule has 2 aliphatic rings. The lowest BCUT2D eigenvalue weighted by molar-refractivity contribution is 0.0978. The van der Waals surface area contributed by atoms with Crippen molar-refractivity contribution in [3.05, 3.63) is 23.5 Å². The van der Waals surface area contributed by atoms with Crippen molar-refractivity contribution in [2.45, 2.75) is 67.0 Å². The number of aromatic nitrogens is 1. The van der Waals surface area contributed by atoms with E-state index in [0.29, 0.717) is 10.8 Å². The van der Waals surface area contributed by atoms with Crippen LogP contribution in [0.1, 0.15) is 65.3 Å². The first-order valence-corrected chi connectivity index (χ1v) is 7.92. The largest absolute Gasteiger partial charge is 0.388 e. The molecule has 0 aromatic carbocycles. The molecular formula is C18H29NO.